The summed E-state index contributed by atoms with van der Waals surface area (Å²) in [5.41, 5.74) is 1.13. The summed E-state index contributed by atoms with van der Waals surface area (Å²) in [6.07, 6.45) is 1.55. The molecule has 0 spiro atoms. The lowest BCUT2D eigenvalue weighted by Crippen LogP contribution is -2.43. The van der Waals surface area contributed by atoms with Crippen LogP contribution in [-0.2, 0) is 9.53 Å². The maximum absolute atomic E-state index is 12.8. The number of hydrogen-bond donors (Lipinski definition) is 0. The van der Waals surface area contributed by atoms with Crippen LogP contribution in [0.4, 0.5) is 0 Å². The van der Waals surface area contributed by atoms with Gasteiger partial charge in [0.25, 0.3) is 5.91 Å². The van der Waals surface area contributed by atoms with Crippen LogP contribution < -0.4 is 4.74 Å². The highest BCUT2D eigenvalue weighted by atomic mass is 16.5. The third-order valence-electron chi connectivity index (χ3n) is 4.44. The van der Waals surface area contributed by atoms with Gasteiger partial charge in [-0.1, -0.05) is 6.07 Å². The highest BCUT2D eigenvalue weighted by Gasteiger charge is 2.30. The van der Waals surface area contributed by atoms with E-state index in [9.17, 15) is 9.59 Å². The first-order valence-electron chi connectivity index (χ1n) is 8.53. The number of methoxy groups -OCH3 is 1. The Kier molecular flexibility index (Phi) is 5.16. The number of rotatable bonds is 4. The quantitative estimate of drug-likeness (QED) is 0.799. The molecule has 1 aromatic carbocycles. The summed E-state index contributed by atoms with van der Waals surface area (Å²) < 4.78 is 10.3. The fourth-order valence-corrected chi connectivity index (χ4v) is 3.13. The molecule has 6 heteroatoms. The fourth-order valence-electron chi connectivity index (χ4n) is 3.13. The van der Waals surface area contributed by atoms with Crippen LogP contribution in [-0.4, -0.2) is 48.6 Å². The summed E-state index contributed by atoms with van der Waals surface area (Å²) in [5, 5.41) is 0.916. The number of esters is 1. The molecule has 0 radical (unpaired) electrons. The first-order valence-corrected chi connectivity index (χ1v) is 8.53. The minimum absolute atomic E-state index is 0.147. The van der Waals surface area contributed by atoms with Gasteiger partial charge in [0.1, 0.15) is 11.4 Å². The number of ether oxygens (including phenoxy) is 2. The lowest BCUT2D eigenvalue weighted by molar-refractivity contribution is -0.149. The van der Waals surface area contributed by atoms with Gasteiger partial charge in [-0.25, -0.2) is 4.98 Å². The van der Waals surface area contributed by atoms with E-state index in [-0.39, 0.29) is 17.8 Å². The van der Waals surface area contributed by atoms with Crippen molar-refractivity contribution in [3.63, 3.8) is 0 Å². The molecule has 1 atom stereocenters. The molecule has 25 heavy (non-hydrogen) atoms. The molecule has 0 saturated carbocycles. The molecule has 0 aliphatic carbocycles. The molecule has 6 nitrogen and oxygen atoms in total. The van der Waals surface area contributed by atoms with E-state index >= 15 is 0 Å². The highest BCUT2D eigenvalue weighted by molar-refractivity contribution is 5.95. The van der Waals surface area contributed by atoms with Crippen LogP contribution in [0, 0.1) is 5.92 Å². The molecule has 0 bridgehead atoms. The summed E-state index contributed by atoms with van der Waals surface area (Å²) >= 11 is 0. The second-order valence-electron chi connectivity index (χ2n) is 6.10. The summed E-state index contributed by atoms with van der Waals surface area (Å²) in [4.78, 5) is 30.9. The van der Waals surface area contributed by atoms with Crippen LogP contribution in [0.15, 0.2) is 30.3 Å². The number of hydrogen-bond acceptors (Lipinski definition) is 5. The highest BCUT2D eigenvalue weighted by Crippen LogP contribution is 2.22. The monoisotopic (exact) mass is 342 g/mol. The summed E-state index contributed by atoms with van der Waals surface area (Å²) in [5.74, 6) is 0.134. The number of carbonyl (C=O) groups is 2. The Labute approximate surface area is 146 Å². The third kappa shape index (κ3) is 3.73. The molecule has 3 rings (SSSR count). The lowest BCUT2D eigenvalue weighted by atomic mass is 9.98. The Balaban J connectivity index is 1.77. The van der Waals surface area contributed by atoms with Crippen LogP contribution in [0.5, 0.6) is 5.75 Å². The Morgan fingerprint density at radius 1 is 1.28 bits per heavy atom. The van der Waals surface area contributed by atoms with E-state index in [1.54, 1.807) is 25.0 Å². The van der Waals surface area contributed by atoms with E-state index in [1.807, 2.05) is 24.3 Å². The maximum Gasteiger partial charge on any atom is 0.310 e. The zero-order chi connectivity index (χ0) is 17.8. The number of nitrogens with zero attached hydrogens (tertiary/aromatic N) is 2. The zero-order valence-corrected chi connectivity index (χ0v) is 14.5. The number of benzene rings is 1. The average Bonchev–Trinajstić information content (AvgIpc) is 2.66. The molecule has 0 N–H and O–H groups in total. The van der Waals surface area contributed by atoms with Crippen molar-refractivity contribution in [2.24, 2.45) is 5.92 Å². The SMILES string of the molecule is CCOC(=O)C1CCCN(C(=O)c2ccc3cc(OC)ccc3n2)C1. The molecule has 1 unspecified atom stereocenters. The molecule has 2 aromatic rings. The zero-order valence-electron chi connectivity index (χ0n) is 14.5. The Morgan fingerprint density at radius 3 is 2.88 bits per heavy atom. The van der Waals surface area contributed by atoms with E-state index in [2.05, 4.69) is 4.98 Å². The topological polar surface area (TPSA) is 68.7 Å². The van der Waals surface area contributed by atoms with Crippen molar-refractivity contribution < 1.29 is 19.1 Å². The molecular weight excluding hydrogens is 320 g/mol. The molecule has 2 heterocycles. The number of likely N-dealkylation sites (tertiary alicyclic amines) is 1. The van der Waals surface area contributed by atoms with Crippen molar-refractivity contribution in [1.29, 1.82) is 0 Å². The molecule has 1 fully saturated rings. The number of carbonyl (C=O) groups excluding carboxylic acids is 2. The number of aromatic nitrogens is 1. The van der Waals surface area contributed by atoms with Crippen molar-refractivity contribution in [2.45, 2.75) is 19.8 Å². The summed E-state index contributed by atoms with van der Waals surface area (Å²) in [6, 6.07) is 9.13. The molecule has 132 valence electrons. The van der Waals surface area contributed by atoms with E-state index in [0.717, 1.165) is 29.5 Å². The Hall–Kier alpha value is -2.63. The van der Waals surface area contributed by atoms with Gasteiger partial charge in [0.2, 0.25) is 0 Å². The first kappa shape index (κ1) is 17.2. The van der Waals surface area contributed by atoms with Gasteiger partial charge >= 0.3 is 5.97 Å². The molecule has 1 saturated heterocycles. The Morgan fingerprint density at radius 2 is 2.12 bits per heavy atom. The minimum Gasteiger partial charge on any atom is -0.497 e. The van der Waals surface area contributed by atoms with Crippen molar-refractivity contribution in [2.75, 3.05) is 26.8 Å². The molecular formula is C19H22N2O4. The van der Waals surface area contributed by atoms with E-state index < -0.39 is 0 Å². The number of pyridine rings is 1. The third-order valence-corrected chi connectivity index (χ3v) is 4.44. The minimum atomic E-state index is -0.248. The van der Waals surface area contributed by atoms with Crippen LogP contribution in [0.2, 0.25) is 0 Å². The predicted octanol–water partition coefficient (Wildman–Crippen LogP) is 2.66. The second-order valence-corrected chi connectivity index (χ2v) is 6.10. The smallest absolute Gasteiger partial charge is 0.310 e. The fraction of sp³-hybridized carbons (Fsp3) is 0.421. The van der Waals surface area contributed by atoms with Crippen molar-refractivity contribution >= 4 is 22.8 Å². The van der Waals surface area contributed by atoms with E-state index in [4.69, 9.17) is 9.47 Å². The van der Waals surface area contributed by atoms with Gasteiger partial charge < -0.3 is 14.4 Å². The number of amides is 1. The molecule has 1 aliphatic heterocycles. The maximum atomic E-state index is 12.8. The summed E-state index contributed by atoms with van der Waals surface area (Å²) in [7, 11) is 1.61. The van der Waals surface area contributed by atoms with Gasteiger partial charge in [0.15, 0.2) is 0 Å². The lowest BCUT2D eigenvalue weighted by Gasteiger charge is -2.31. The van der Waals surface area contributed by atoms with Gasteiger partial charge in [-0.3, -0.25) is 9.59 Å². The largest absolute Gasteiger partial charge is 0.497 e. The molecule has 1 aliphatic rings. The van der Waals surface area contributed by atoms with Gasteiger partial charge in [-0.15, -0.1) is 0 Å². The van der Waals surface area contributed by atoms with Gasteiger partial charge in [0, 0.05) is 18.5 Å². The van der Waals surface area contributed by atoms with Crippen LogP contribution >= 0.6 is 0 Å². The van der Waals surface area contributed by atoms with Gasteiger partial charge in [0.05, 0.1) is 25.2 Å². The standard InChI is InChI=1S/C19H22N2O4/c1-3-25-19(23)14-5-4-10-21(12-14)18(22)17-8-6-13-11-15(24-2)7-9-16(13)20-17/h6-9,11,14H,3-5,10,12H2,1-2H3. The van der Waals surface area contributed by atoms with E-state index in [0.29, 0.717) is 25.4 Å². The van der Waals surface area contributed by atoms with Crippen LogP contribution in [0.1, 0.15) is 30.3 Å². The van der Waals surface area contributed by atoms with Crippen LogP contribution in [0.3, 0.4) is 0 Å². The molecule has 1 amide bonds. The van der Waals surface area contributed by atoms with Crippen molar-refractivity contribution in [3.8, 4) is 5.75 Å². The van der Waals surface area contributed by atoms with Crippen LogP contribution in [0.25, 0.3) is 10.9 Å². The predicted molar refractivity (Wildman–Crippen MR) is 93.6 cm³/mol. The van der Waals surface area contributed by atoms with Crippen molar-refractivity contribution in [3.05, 3.63) is 36.0 Å². The second kappa shape index (κ2) is 7.51. The number of fused-ring (bicyclic) bond motifs is 1. The van der Waals surface area contributed by atoms with Crippen molar-refractivity contribution in [1.82, 2.24) is 9.88 Å². The normalized spacial score (nSPS) is 17.4. The molecule has 1 aromatic heterocycles. The van der Waals surface area contributed by atoms with E-state index in [1.165, 1.54) is 0 Å². The first-order chi connectivity index (χ1) is 12.1. The number of piperidine rings is 1. The summed E-state index contributed by atoms with van der Waals surface area (Å²) in [6.45, 7) is 3.17. The average molecular weight is 342 g/mol. The van der Waals surface area contributed by atoms with Gasteiger partial charge in [-0.2, -0.15) is 0 Å². The Bertz CT molecular complexity index is 790. The van der Waals surface area contributed by atoms with Gasteiger partial charge in [-0.05, 0) is 44.0 Å².